The Labute approximate surface area is 194 Å². The molecule has 0 aliphatic carbocycles. The van der Waals surface area contributed by atoms with Crippen LogP contribution in [0.1, 0.15) is 38.2 Å². The standard InChI is InChI=1S/C25H32N6O2/c1-17-16-26-31-24(15-22(28-25(17)31)21-5-3-4-6-23(21)33)27-19-7-11-30(12-8-19)20-9-13-29(14-10-20)18(2)32/h3-6,15-16,19-20,27,33H,7-14H2,1-2H3. The highest BCUT2D eigenvalue weighted by Gasteiger charge is 2.29. The lowest BCUT2D eigenvalue weighted by molar-refractivity contribution is -0.130. The Bertz CT molecular complexity index is 1140. The third-order valence-corrected chi connectivity index (χ3v) is 7.14. The largest absolute Gasteiger partial charge is 0.507 e. The Kier molecular flexibility index (Phi) is 5.93. The Morgan fingerprint density at radius 2 is 1.82 bits per heavy atom. The Balaban J connectivity index is 1.29. The highest BCUT2D eigenvalue weighted by Crippen LogP contribution is 2.31. The van der Waals surface area contributed by atoms with Crippen LogP contribution in [0.4, 0.5) is 5.82 Å². The number of nitrogens with zero attached hydrogens (tertiary/aromatic N) is 5. The summed E-state index contributed by atoms with van der Waals surface area (Å²) in [5.41, 5.74) is 3.26. The van der Waals surface area contributed by atoms with Crippen LogP contribution in [-0.4, -0.2) is 73.7 Å². The van der Waals surface area contributed by atoms with Crippen molar-refractivity contribution in [2.24, 2.45) is 0 Å². The number of rotatable bonds is 4. The van der Waals surface area contributed by atoms with Crippen LogP contribution in [0.15, 0.2) is 36.5 Å². The fourth-order valence-corrected chi connectivity index (χ4v) is 5.17. The fourth-order valence-electron chi connectivity index (χ4n) is 5.17. The molecule has 0 bridgehead atoms. The number of likely N-dealkylation sites (tertiary alicyclic amines) is 2. The molecule has 1 aromatic carbocycles. The van der Waals surface area contributed by atoms with Crippen molar-refractivity contribution in [1.82, 2.24) is 24.4 Å². The van der Waals surface area contributed by atoms with E-state index in [2.05, 4.69) is 15.3 Å². The zero-order chi connectivity index (χ0) is 22.9. The molecule has 0 unspecified atom stereocenters. The molecule has 0 spiro atoms. The Morgan fingerprint density at radius 3 is 2.52 bits per heavy atom. The number of phenols is 1. The lowest BCUT2D eigenvalue weighted by Crippen LogP contribution is -2.50. The molecule has 4 heterocycles. The molecular weight excluding hydrogens is 416 g/mol. The number of carbonyl (C=O) groups excluding carboxylic acids is 1. The molecule has 8 heteroatoms. The third kappa shape index (κ3) is 4.39. The van der Waals surface area contributed by atoms with Gasteiger partial charge < -0.3 is 20.2 Å². The van der Waals surface area contributed by atoms with E-state index in [1.165, 1.54) is 0 Å². The molecule has 8 nitrogen and oxygen atoms in total. The van der Waals surface area contributed by atoms with E-state index in [0.29, 0.717) is 12.1 Å². The molecule has 174 valence electrons. The number of nitrogens with one attached hydrogen (secondary N) is 1. The number of para-hydroxylation sites is 1. The summed E-state index contributed by atoms with van der Waals surface area (Å²) < 4.78 is 1.86. The van der Waals surface area contributed by atoms with Gasteiger partial charge in [-0.3, -0.25) is 4.79 Å². The lowest BCUT2D eigenvalue weighted by atomic mass is 9.97. The van der Waals surface area contributed by atoms with Crippen molar-refractivity contribution in [3.05, 3.63) is 42.1 Å². The third-order valence-electron chi connectivity index (χ3n) is 7.14. The van der Waals surface area contributed by atoms with E-state index in [0.717, 1.165) is 80.1 Å². The summed E-state index contributed by atoms with van der Waals surface area (Å²) in [6.45, 7) is 7.53. The van der Waals surface area contributed by atoms with E-state index in [9.17, 15) is 9.90 Å². The van der Waals surface area contributed by atoms with Gasteiger partial charge in [0.05, 0.1) is 11.9 Å². The topological polar surface area (TPSA) is 86.0 Å². The number of amides is 1. The second-order valence-corrected chi connectivity index (χ2v) is 9.30. The first-order chi connectivity index (χ1) is 16.0. The van der Waals surface area contributed by atoms with E-state index in [1.54, 1.807) is 13.0 Å². The first-order valence-corrected chi connectivity index (χ1v) is 11.9. The summed E-state index contributed by atoms with van der Waals surface area (Å²) in [7, 11) is 0. The summed E-state index contributed by atoms with van der Waals surface area (Å²) in [4.78, 5) is 20.9. The number of hydrogen-bond acceptors (Lipinski definition) is 6. The molecular formula is C25H32N6O2. The molecule has 0 saturated carbocycles. The second kappa shape index (κ2) is 9.02. The average molecular weight is 449 g/mol. The molecule has 2 saturated heterocycles. The van der Waals surface area contributed by atoms with E-state index < -0.39 is 0 Å². The van der Waals surface area contributed by atoms with E-state index in [-0.39, 0.29) is 11.7 Å². The van der Waals surface area contributed by atoms with Crippen molar-refractivity contribution < 1.29 is 9.90 Å². The number of aryl methyl sites for hydroxylation is 1. The van der Waals surface area contributed by atoms with Gasteiger partial charge in [-0.15, -0.1) is 0 Å². The van der Waals surface area contributed by atoms with Crippen LogP contribution in [-0.2, 0) is 4.79 Å². The number of aromatic nitrogens is 3. The van der Waals surface area contributed by atoms with Gasteiger partial charge in [-0.25, -0.2) is 4.98 Å². The maximum atomic E-state index is 11.6. The van der Waals surface area contributed by atoms with Crippen molar-refractivity contribution in [1.29, 1.82) is 0 Å². The molecule has 2 aromatic heterocycles. The quantitative estimate of drug-likeness (QED) is 0.637. The first-order valence-electron chi connectivity index (χ1n) is 11.9. The van der Waals surface area contributed by atoms with Gasteiger partial charge in [-0.05, 0) is 44.7 Å². The van der Waals surface area contributed by atoms with Gasteiger partial charge in [-0.2, -0.15) is 9.61 Å². The molecule has 1 amide bonds. The lowest BCUT2D eigenvalue weighted by Gasteiger charge is -2.41. The van der Waals surface area contributed by atoms with E-state index in [1.807, 2.05) is 46.8 Å². The van der Waals surface area contributed by atoms with Crippen molar-refractivity contribution in [3.8, 4) is 17.0 Å². The minimum atomic E-state index is 0.192. The highest BCUT2D eigenvalue weighted by molar-refractivity contribution is 5.73. The Hall–Kier alpha value is -3.13. The van der Waals surface area contributed by atoms with E-state index in [4.69, 9.17) is 4.98 Å². The first kappa shape index (κ1) is 21.7. The van der Waals surface area contributed by atoms with Gasteiger partial charge >= 0.3 is 0 Å². The molecule has 33 heavy (non-hydrogen) atoms. The Morgan fingerprint density at radius 1 is 1.09 bits per heavy atom. The minimum absolute atomic E-state index is 0.192. The van der Waals surface area contributed by atoms with Gasteiger partial charge in [0.2, 0.25) is 5.91 Å². The number of benzene rings is 1. The monoisotopic (exact) mass is 448 g/mol. The van der Waals surface area contributed by atoms with E-state index >= 15 is 0 Å². The number of piperidine rings is 2. The van der Waals surface area contributed by atoms with Crippen LogP contribution in [0.3, 0.4) is 0 Å². The van der Waals surface area contributed by atoms with Crippen LogP contribution >= 0.6 is 0 Å². The van der Waals surface area contributed by atoms with Crippen LogP contribution in [0.2, 0.25) is 0 Å². The summed E-state index contributed by atoms with van der Waals surface area (Å²) >= 11 is 0. The zero-order valence-electron chi connectivity index (χ0n) is 19.4. The molecule has 2 fully saturated rings. The predicted molar refractivity (Wildman–Crippen MR) is 128 cm³/mol. The van der Waals surface area contributed by atoms with Gasteiger partial charge in [0.1, 0.15) is 11.6 Å². The molecule has 2 N–H and O–H groups in total. The van der Waals surface area contributed by atoms with Gasteiger partial charge in [0.25, 0.3) is 0 Å². The zero-order valence-corrected chi connectivity index (χ0v) is 19.4. The summed E-state index contributed by atoms with van der Waals surface area (Å²) in [5, 5.41) is 18.6. The van der Waals surface area contributed by atoms with Crippen molar-refractivity contribution in [3.63, 3.8) is 0 Å². The SMILES string of the molecule is CC(=O)N1CCC(N2CCC(Nc3cc(-c4ccccc4O)nc4c(C)cnn34)CC2)CC1. The molecule has 0 atom stereocenters. The maximum Gasteiger partial charge on any atom is 0.219 e. The minimum Gasteiger partial charge on any atom is -0.507 e. The predicted octanol–water partition coefficient (Wildman–Crippen LogP) is 3.30. The van der Waals surface area contributed by atoms with Crippen molar-refractivity contribution in [2.75, 3.05) is 31.5 Å². The molecule has 5 rings (SSSR count). The van der Waals surface area contributed by atoms with Crippen LogP contribution < -0.4 is 5.32 Å². The van der Waals surface area contributed by atoms with Gasteiger partial charge in [0.15, 0.2) is 5.65 Å². The molecule has 3 aromatic rings. The van der Waals surface area contributed by atoms with Crippen LogP contribution in [0.25, 0.3) is 16.9 Å². The number of phenolic OH excluding ortho intramolecular Hbond substituents is 1. The van der Waals surface area contributed by atoms with Gasteiger partial charge in [-0.1, -0.05) is 12.1 Å². The van der Waals surface area contributed by atoms with Gasteiger partial charge in [0, 0.05) is 62.4 Å². The van der Waals surface area contributed by atoms with Crippen LogP contribution in [0.5, 0.6) is 5.75 Å². The molecule has 0 radical (unpaired) electrons. The number of aromatic hydroxyl groups is 1. The number of carbonyl (C=O) groups is 1. The summed E-state index contributed by atoms with van der Waals surface area (Å²) in [6, 6.07) is 10.2. The summed E-state index contributed by atoms with van der Waals surface area (Å²) in [5.74, 6) is 1.32. The van der Waals surface area contributed by atoms with Crippen molar-refractivity contribution in [2.45, 2.75) is 51.6 Å². The highest BCUT2D eigenvalue weighted by atomic mass is 16.3. The number of anilines is 1. The average Bonchev–Trinajstić information content (AvgIpc) is 3.21. The van der Waals surface area contributed by atoms with Crippen LogP contribution in [0, 0.1) is 6.92 Å². The number of fused-ring (bicyclic) bond motifs is 1. The molecule has 2 aliphatic rings. The normalized spacial score (nSPS) is 18.7. The fraction of sp³-hybridized carbons (Fsp3) is 0.480. The van der Waals surface area contributed by atoms with Crippen molar-refractivity contribution >= 4 is 17.4 Å². The number of hydrogen-bond donors (Lipinski definition) is 2. The smallest absolute Gasteiger partial charge is 0.219 e. The second-order valence-electron chi connectivity index (χ2n) is 9.30. The molecule has 2 aliphatic heterocycles. The maximum absolute atomic E-state index is 11.6. The summed E-state index contributed by atoms with van der Waals surface area (Å²) in [6.07, 6.45) is 6.09.